The Labute approximate surface area is 144 Å². The molecule has 1 heterocycles. The molecular formula is C21H24N2O. The van der Waals surface area contributed by atoms with Gasteiger partial charge < -0.3 is 10.2 Å². The Balaban J connectivity index is 1.59. The van der Waals surface area contributed by atoms with Crippen molar-refractivity contribution >= 4 is 23.4 Å². The van der Waals surface area contributed by atoms with E-state index in [2.05, 4.69) is 29.3 Å². The van der Waals surface area contributed by atoms with Gasteiger partial charge in [0.1, 0.15) is 0 Å². The first kappa shape index (κ1) is 16.3. The molecule has 1 aliphatic heterocycles. The van der Waals surface area contributed by atoms with Crippen molar-refractivity contribution in [3.63, 3.8) is 0 Å². The molecule has 1 saturated heterocycles. The highest BCUT2D eigenvalue weighted by Gasteiger charge is 2.18. The van der Waals surface area contributed by atoms with Gasteiger partial charge >= 0.3 is 0 Å². The number of amides is 1. The van der Waals surface area contributed by atoms with Crippen LogP contribution in [0, 0.1) is 0 Å². The molecule has 24 heavy (non-hydrogen) atoms. The number of carbonyl (C=O) groups excluding carboxylic acids is 1. The normalized spacial score (nSPS) is 17.9. The highest BCUT2D eigenvalue weighted by molar-refractivity contribution is 6.02. The summed E-state index contributed by atoms with van der Waals surface area (Å²) in [6.45, 7) is 3.40. The first-order valence-corrected chi connectivity index (χ1v) is 8.63. The molecule has 0 aromatic heterocycles. The van der Waals surface area contributed by atoms with Crippen LogP contribution in [0.4, 0.5) is 11.4 Å². The van der Waals surface area contributed by atoms with E-state index in [1.54, 1.807) is 6.08 Å². The molecule has 3 heteroatoms. The fraction of sp³-hybridized carbons (Fsp3) is 0.286. The maximum atomic E-state index is 12.0. The van der Waals surface area contributed by atoms with Gasteiger partial charge in [-0.05, 0) is 62.1 Å². The van der Waals surface area contributed by atoms with Gasteiger partial charge in [-0.15, -0.1) is 0 Å². The molecule has 0 aliphatic carbocycles. The van der Waals surface area contributed by atoms with Crippen molar-refractivity contribution in [3.05, 3.63) is 66.2 Å². The second-order valence-electron chi connectivity index (χ2n) is 6.32. The molecular weight excluding hydrogens is 296 g/mol. The lowest BCUT2D eigenvalue weighted by molar-refractivity contribution is -0.111. The molecule has 1 unspecified atom stereocenters. The number of nitrogens with one attached hydrogen (secondary N) is 1. The van der Waals surface area contributed by atoms with Crippen molar-refractivity contribution < 1.29 is 4.79 Å². The summed E-state index contributed by atoms with van der Waals surface area (Å²) in [6.07, 6.45) is 7.21. The number of piperidine rings is 1. The molecule has 0 spiro atoms. The van der Waals surface area contributed by atoms with Crippen LogP contribution in [0.5, 0.6) is 0 Å². The molecule has 1 atom stereocenters. The minimum Gasteiger partial charge on any atom is -0.369 e. The van der Waals surface area contributed by atoms with Crippen molar-refractivity contribution in [2.75, 3.05) is 16.8 Å². The van der Waals surface area contributed by atoms with Crippen LogP contribution in [0.25, 0.3) is 6.08 Å². The number of benzene rings is 2. The van der Waals surface area contributed by atoms with Gasteiger partial charge in [0.2, 0.25) is 5.91 Å². The molecule has 3 rings (SSSR count). The predicted octanol–water partition coefficient (Wildman–Crippen LogP) is 4.72. The van der Waals surface area contributed by atoms with E-state index in [1.165, 1.54) is 24.9 Å². The van der Waals surface area contributed by atoms with Crippen LogP contribution in [0.1, 0.15) is 31.7 Å². The lowest BCUT2D eigenvalue weighted by Gasteiger charge is -2.35. The van der Waals surface area contributed by atoms with E-state index in [9.17, 15) is 4.79 Å². The summed E-state index contributed by atoms with van der Waals surface area (Å²) < 4.78 is 0. The van der Waals surface area contributed by atoms with E-state index in [1.807, 2.05) is 48.5 Å². The van der Waals surface area contributed by atoms with Crippen LogP contribution in [0.2, 0.25) is 0 Å². The predicted molar refractivity (Wildman–Crippen MR) is 101 cm³/mol. The summed E-state index contributed by atoms with van der Waals surface area (Å²) in [7, 11) is 0. The zero-order valence-electron chi connectivity index (χ0n) is 14.1. The fourth-order valence-electron chi connectivity index (χ4n) is 3.14. The van der Waals surface area contributed by atoms with Crippen LogP contribution in [0.15, 0.2) is 60.7 Å². The molecule has 1 aliphatic rings. The molecule has 1 N–H and O–H groups in total. The molecule has 3 nitrogen and oxygen atoms in total. The minimum atomic E-state index is -0.113. The van der Waals surface area contributed by atoms with Gasteiger partial charge in [0.05, 0.1) is 0 Å². The zero-order chi connectivity index (χ0) is 16.8. The Morgan fingerprint density at radius 3 is 2.54 bits per heavy atom. The minimum absolute atomic E-state index is 0.113. The Morgan fingerprint density at radius 2 is 1.83 bits per heavy atom. The Morgan fingerprint density at radius 1 is 1.08 bits per heavy atom. The first-order valence-electron chi connectivity index (χ1n) is 8.63. The van der Waals surface area contributed by atoms with Crippen molar-refractivity contribution in [2.45, 2.75) is 32.2 Å². The maximum Gasteiger partial charge on any atom is 0.248 e. The van der Waals surface area contributed by atoms with Crippen molar-refractivity contribution in [2.24, 2.45) is 0 Å². The van der Waals surface area contributed by atoms with Gasteiger partial charge in [-0.1, -0.05) is 30.3 Å². The molecule has 1 amide bonds. The lowest BCUT2D eigenvalue weighted by atomic mass is 10.0. The van der Waals surface area contributed by atoms with Gasteiger partial charge in [-0.2, -0.15) is 0 Å². The largest absolute Gasteiger partial charge is 0.369 e. The van der Waals surface area contributed by atoms with Crippen LogP contribution < -0.4 is 10.2 Å². The highest BCUT2D eigenvalue weighted by atomic mass is 16.1. The lowest BCUT2D eigenvalue weighted by Crippen LogP contribution is -2.37. The van der Waals surface area contributed by atoms with Gasteiger partial charge in [0, 0.05) is 30.0 Å². The quantitative estimate of drug-likeness (QED) is 0.827. The standard InChI is InChI=1S/C21H24N2O/c1-17-7-5-6-16-23(17)20-13-11-19(12-14-20)22-21(24)15-10-18-8-3-2-4-9-18/h2-4,8-15,17H,5-7,16H2,1H3,(H,22,24)/b15-10+. The van der Waals surface area contributed by atoms with Crippen molar-refractivity contribution in [3.8, 4) is 0 Å². The fourth-order valence-corrected chi connectivity index (χ4v) is 3.14. The maximum absolute atomic E-state index is 12.0. The third-order valence-corrected chi connectivity index (χ3v) is 4.50. The van der Waals surface area contributed by atoms with E-state index in [4.69, 9.17) is 0 Å². The van der Waals surface area contributed by atoms with Gasteiger partial charge in [-0.25, -0.2) is 0 Å². The first-order chi connectivity index (χ1) is 11.7. The second kappa shape index (κ2) is 7.82. The van der Waals surface area contributed by atoms with Gasteiger partial charge in [0.25, 0.3) is 0 Å². The number of nitrogens with zero attached hydrogens (tertiary/aromatic N) is 1. The highest BCUT2D eigenvalue weighted by Crippen LogP contribution is 2.25. The van der Waals surface area contributed by atoms with Crippen LogP contribution in [0.3, 0.4) is 0 Å². The molecule has 2 aromatic rings. The van der Waals surface area contributed by atoms with Gasteiger partial charge in [0.15, 0.2) is 0 Å². The summed E-state index contributed by atoms with van der Waals surface area (Å²) in [5, 5.41) is 2.91. The average molecular weight is 320 g/mol. The Kier molecular flexibility index (Phi) is 5.32. The summed E-state index contributed by atoms with van der Waals surface area (Å²) in [4.78, 5) is 14.5. The summed E-state index contributed by atoms with van der Waals surface area (Å²) >= 11 is 0. The number of hydrogen-bond acceptors (Lipinski definition) is 2. The van der Waals surface area contributed by atoms with E-state index in [0.717, 1.165) is 17.8 Å². The Bertz CT molecular complexity index is 692. The third kappa shape index (κ3) is 4.25. The van der Waals surface area contributed by atoms with Crippen molar-refractivity contribution in [1.29, 1.82) is 0 Å². The van der Waals surface area contributed by atoms with E-state index in [-0.39, 0.29) is 5.91 Å². The smallest absolute Gasteiger partial charge is 0.248 e. The third-order valence-electron chi connectivity index (χ3n) is 4.50. The average Bonchev–Trinajstić information content (AvgIpc) is 2.62. The number of carbonyl (C=O) groups is 1. The van der Waals surface area contributed by atoms with E-state index >= 15 is 0 Å². The van der Waals surface area contributed by atoms with Crippen LogP contribution in [-0.2, 0) is 4.79 Å². The number of hydrogen-bond donors (Lipinski definition) is 1. The molecule has 2 aromatic carbocycles. The SMILES string of the molecule is CC1CCCCN1c1ccc(NC(=O)/C=C/c2ccccc2)cc1. The van der Waals surface area contributed by atoms with Crippen molar-refractivity contribution in [1.82, 2.24) is 0 Å². The van der Waals surface area contributed by atoms with Gasteiger partial charge in [-0.3, -0.25) is 4.79 Å². The number of anilines is 2. The topological polar surface area (TPSA) is 32.3 Å². The molecule has 0 saturated carbocycles. The van der Waals surface area contributed by atoms with E-state index < -0.39 is 0 Å². The molecule has 1 fully saturated rings. The monoisotopic (exact) mass is 320 g/mol. The molecule has 124 valence electrons. The summed E-state index contributed by atoms with van der Waals surface area (Å²) in [5.74, 6) is -0.113. The van der Waals surface area contributed by atoms with Crippen LogP contribution >= 0.6 is 0 Å². The summed E-state index contributed by atoms with van der Waals surface area (Å²) in [6, 6.07) is 18.6. The second-order valence-corrected chi connectivity index (χ2v) is 6.32. The number of rotatable bonds is 4. The molecule has 0 radical (unpaired) electrons. The molecule has 0 bridgehead atoms. The van der Waals surface area contributed by atoms with Crippen LogP contribution in [-0.4, -0.2) is 18.5 Å². The Hall–Kier alpha value is -2.55. The summed E-state index contributed by atoms with van der Waals surface area (Å²) in [5.41, 5.74) is 3.08. The van der Waals surface area contributed by atoms with E-state index in [0.29, 0.717) is 6.04 Å². The zero-order valence-corrected chi connectivity index (χ0v) is 14.1.